The molecule has 1 aliphatic heterocycles. The topological polar surface area (TPSA) is 45.2 Å². The van der Waals surface area contributed by atoms with Crippen molar-refractivity contribution in [2.75, 3.05) is 31.1 Å². The highest BCUT2D eigenvalue weighted by Gasteiger charge is 2.20. The minimum Gasteiger partial charge on any atom is -0.346 e. The van der Waals surface area contributed by atoms with E-state index in [0.717, 1.165) is 66.0 Å². The Morgan fingerprint density at radius 2 is 1.79 bits per heavy atom. The Hall–Kier alpha value is -2.05. The zero-order valence-corrected chi connectivity index (χ0v) is 14.9. The average Bonchev–Trinajstić information content (AvgIpc) is 3.02. The van der Waals surface area contributed by atoms with Gasteiger partial charge in [0.2, 0.25) is 0 Å². The van der Waals surface area contributed by atoms with Gasteiger partial charge in [0.25, 0.3) is 0 Å². The summed E-state index contributed by atoms with van der Waals surface area (Å²) in [6.07, 6.45) is 0. The van der Waals surface area contributed by atoms with Crippen LogP contribution in [0.25, 0.3) is 10.9 Å². The Morgan fingerprint density at radius 3 is 2.54 bits per heavy atom. The van der Waals surface area contributed by atoms with Crippen LogP contribution in [-0.4, -0.2) is 46.0 Å². The van der Waals surface area contributed by atoms with Crippen LogP contribution in [0.4, 0.5) is 5.13 Å². The minimum atomic E-state index is 0.816. The second-order valence-corrected chi connectivity index (χ2v) is 7.11. The molecule has 0 saturated carbocycles. The van der Waals surface area contributed by atoms with Gasteiger partial charge in [-0.05, 0) is 19.9 Å². The third-order valence-corrected chi connectivity index (χ3v) is 5.47. The van der Waals surface area contributed by atoms with Gasteiger partial charge < -0.3 is 4.90 Å². The summed E-state index contributed by atoms with van der Waals surface area (Å²) in [5, 5.41) is 4.41. The van der Waals surface area contributed by atoms with Crippen LogP contribution in [0.3, 0.4) is 0 Å². The third kappa shape index (κ3) is 3.12. The number of piperazine rings is 1. The van der Waals surface area contributed by atoms with E-state index in [-0.39, 0.29) is 0 Å². The fourth-order valence-corrected chi connectivity index (χ4v) is 4.01. The number of anilines is 1. The van der Waals surface area contributed by atoms with E-state index < -0.39 is 0 Å². The van der Waals surface area contributed by atoms with E-state index in [1.165, 1.54) is 0 Å². The molecule has 6 heteroatoms. The van der Waals surface area contributed by atoms with Crippen LogP contribution in [0.2, 0.25) is 0 Å². The number of aromatic nitrogens is 3. The molecule has 3 aromatic rings. The number of fused-ring (bicyclic) bond motifs is 1. The summed E-state index contributed by atoms with van der Waals surface area (Å²) in [4.78, 5) is 18.8. The van der Waals surface area contributed by atoms with Gasteiger partial charge in [0.05, 0.1) is 17.8 Å². The number of hydrogen-bond acceptors (Lipinski definition) is 6. The van der Waals surface area contributed by atoms with Gasteiger partial charge >= 0.3 is 0 Å². The number of para-hydroxylation sites is 1. The Bertz CT molecular complexity index is 851. The number of rotatable bonds is 3. The smallest absolute Gasteiger partial charge is 0.185 e. The van der Waals surface area contributed by atoms with Gasteiger partial charge in [0.1, 0.15) is 5.82 Å². The third-order valence-electron chi connectivity index (χ3n) is 4.45. The highest BCUT2D eigenvalue weighted by atomic mass is 32.1. The van der Waals surface area contributed by atoms with Crippen molar-refractivity contribution in [3.05, 3.63) is 46.9 Å². The molecule has 1 fully saturated rings. The molecule has 0 bridgehead atoms. The van der Waals surface area contributed by atoms with E-state index in [2.05, 4.69) is 46.1 Å². The van der Waals surface area contributed by atoms with Crippen molar-refractivity contribution in [2.45, 2.75) is 20.4 Å². The van der Waals surface area contributed by atoms with E-state index in [1.807, 2.05) is 12.1 Å². The molecule has 4 rings (SSSR count). The van der Waals surface area contributed by atoms with Gasteiger partial charge in [-0.25, -0.2) is 15.0 Å². The fraction of sp³-hybridized carbons (Fsp3) is 0.389. The maximum Gasteiger partial charge on any atom is 0.185 e. The second-order valence-electron chi connectivity index (χ2n) is 6.28. The highest BCUT2D eigenvalue weighted by Crippen LogP contribution is 2.22. The lowest BCUT2D eigenvalue weighted by Gasteiger charge is -2.34. The summed E-state index contributed by atoms with van der Waals surface area (Å²) in [6, 6.07) is 8.23. The van der Waals surface area contributed by atoms with Crippen LogP contribution >= 0.6 is 11.3 Å². The van der Waals surface area contributed by atoms with E-state index in [4.69, 9.17) is 9.97 Å². The molecule has 24 heavy (non-hydrogen) atoms. The van der Waals surface area contributed by atoms with Crippen LogP contribution in [0.1, 0.15) is 17.2 Å². The summed E-state index contributed by atoms with van der Waals surface area (Å²) < 4.78 is 0. The maximum absolute atomic E-state index is 4.73. The molecule has 0 aliphatic carbocycles. The number of nitrogens with zero attached hydrogens (tertiary/aromatic N) is 5. The number of benzene rings is 1. The molecular weight excluding hydrogens is 318 g/mol. The van der Waals surface area contributed by atoms with Crippen molar-refractivity contribution in [3.63, 3.8) is 0 Å². The van der Waals surface area contributed by atoms with Gasteiger partial charge in [-0.3, -0.25) is 4.90 Å². The van der Waals surface area contributed by atoms with Crippen molar-refractivity contribution in [1.29, 1.82) is 0 Å². The molecule has 5 nitrogen and oxygen atoms in total. The average molecular weight is 339 g/mol. The van der Waals surface area contributed by atoms with Crippen molar-refractivity contribution >= 4 is 27.4 Å². The first-order chi connectivity index (χ1) is 11.7. The lowest BCUT2D eigenvalue weighted by atomic mass is 10.2. The monoisotopic (exact) mass is 339 g/mol. The van der Waals surface area contributed by atoms with Crippen LogP contribution in [-0.2, 0) is 6.54 Å². The number of thiazole rings is 1. The van der Waals surface area contributed by atoms with Crippen LogP contribution in [0.15, 0.2) is 29.6 Å². The fourth-order valence-electron chi connectivity index (χ4n) is 3.15. The number of aryl methyl sites for hydroxylation is 2. The van der Waals surface area contributed by atoms with Crippen LogP contribution in [0.5, 0.6) is 0 Å². The first-order valence-corrected chi connectivity index (χ1v) is 9.19. The summed E-state index contributed by atoms with van der Waals surface area (Å²) in [5.41, 5.74) is 3.21. The summed E-state index contributed by atoms with van der Waals surface area (Å²) in [6.45, 7) is 9.00. The van der Waals surface area contributed by atoms with Crippen LogP contribution < -0.4 is 4.90 Å². The Balaban J connectivity index is 1.43. The number of hydrogen-bond donors (Lipinski definition) is 0. The Kier molecular flexibility index (Phi) is 4.16. The van der Waals surface area contributed by atoms with Crippen molar-refractivity contribution in [1.82, 2.24) is 19.9 Å². The summed E-state index contributed by atoms with van der Waals surface area (Å²) >= 11 is 1.74. The van der Waals surface area contributed by atoms with Gasteiger partial charge in [-0.2, -0.15) is 0 Å². The molecule has 0 radical (unpaired) electrons. The standard InChI is InChI=1S/C18H21N5S/c1-13-12-24-18(19-13)23-9-7-22(8-10-23)11-17-20-14(2)15-5-3-4-6-16(15)21-17/h3-6,12H,7-11H2,1-2H3. The normalized spacial score (nSPS) is 16.0. The second kappa shape index (κ2) is 6.45. The zero-order valence-electron chi connectivity index (χ0n) is 14.1. The Labute approximate surface area is 146 Å². The predicted octanol–water partition coefficient (Wildman–Crippen LogP) is 3.03. The molecule has 1 aromatic carbocycles. The minimum absolute atomic E-state index is 0.816. The molecular formula is C18H21N5S. The van der Waals surface area contributed by atoms with E-state index in [1.54, 1.807) is 11.3 Å². The van der Waals surface area contributed by atoms with Crippen LogP contribution in [0, 0.1) is 13.8 Å². The molecule has 0 N–H and O–H groups in total. The quantitative estimate of drug-likeness (QED) is 0.734. The van der Waals surface area contributed by atoms with Crippen molar-refractivity contribution in [3.8, 4) is 0 Å². The first kappa shape index (κ1) is 15.5. The molecule has 124 valence electrons. The highest BCUT2D eigenvalue weighted by molar-refractivity contribution is 7.13. The van der Waals surface area contributed by atoms with E-state index in [0.29, 0.717) is 0 Å². The van der Waals surface area contributed by atoms with Gasteiger partial charge in [-0.15, -0.1) is 11.3 Å². The molecule has 0 atom stereocenters. The zero-order chi connectivity index (χ0) is 16.5. The lowest BCUT2D eigenvalue weighted by Crippen LogP contribution is -2.46. The molecule has 0 spiro atoms. The van der Waals surface area contributed by atoms with E-state index >= 15 is 0 Å². The van der Waals surface area contributed by atoms with Gasteiger partial charge in [0.15, 0.2) is 5.13 Å². The van der Waals surface area contributed by atoms with Crippen molar-refractivity contribution < 1.29 is 0 Å². The predicted molar refractivity (Wildman–Crippen MR) is 98.6 cm³/mol. The Morgan fingerprint density at radius 1 is 1.00 bits per heavy atom. The molecule has 1 aliphatic rings. The molecule has 3 heterocycles. The summed E-state index contributed by atoms with van der Waals surface area (Å²) in [5.74, 6) is 0.921. The molecule has 0 amide bonds. The van der Waals surface area contributed by atoms with Gasteiger partial charge in [0, 0.05) is 42.6 Å². The lowest BCUT2D eigenvalue weighted by molar-refractivity contribution is 0.244. The van der Waals surface area contributed by atoms with Crippen molar-refractivity contribution in [2.24, 2.45) is 0 Å². The molecule has 2 aromatic heterocycles. The first-order valence-electron chi connectivity index (χ1n) is 8.31. The van der Waals surface area contributed by atoms with Gasteiger partial charge in [-0.1, -0.05) is 18.2 Å². The molecule has 0 unspecified atom stereocenters. The maximum atomic E-state index is 4.73. The SMILES string of the molecule is Cc1csc(N2CCN(Cc3nc(C)c4ccccc4n3)CC2)n1. The summed E-state index contributed by atoms with van der Waals surface area (Å²) in [7, 11) is 0. The largest absolute Gasteiger partial charge is 0.346 e. The van der Waals surface area contributed by atoms with E-state index in [9.17, 15) is 0 Å². The molecule has 1 saturated heterocycles.